The molecule has 0 saturated carbocycles. The van der Waals surface area contributed by atoms with E-state index in [0.717, 1.165) is 12.8 Å². The molecule has 35 heavy (non-hydrogen) atoms. The molecule has 0 bridgehead atoms. The van der Waals surface area contributed by atoms with Crippen LogP contribution in [0, 0.1) is 43.3 Å². The number of aliphatic hydroxyl groups excluding tert-OH is 2. The van der Waals surface area contributed by atoms with Gasteiger partial charge in [-0.3, -0.25) is 0 Å². The monoisotopic (exact) mass is 490 g/mol. The molecule has 0 amide bonds. The molecule has 2 aliphatic rings. The van der Waals surface area contributed by atoms with Gasteiger partial charge in [0.05, 0.1) is 0 Å². The van der Waals surface area contributed by atoms with Gasteiger partial charge < -0.3 is 14.9 Å². The van der Waals surface area contributed by atoms with Crippen LogP contribution in [0.4, 0.5) is 0 Å². The van der Waals surface area contributed by atoms with Gasteiger partial charge in [-0.25, -0.2) is 0 Å². The Morgan fingerprint density at radius 3 is 1.00 bits per heavy atom. The lowest BCUT2D eigenvalue weighted by Crippen LogP contribution is -2.60. The molecular formula is C32H58O3. The summed E-state index contributed by atoms with van der Waals surface area (Å²) >= 11 is 0. The first-order valence-electron chi connectivity index (χ1n) is 13.6. The molecule has 2 aliphatic carbocycles. The van der Waals surface area contributed by atoms with Crippen molar-refractivity contribution in [3.8, 4) is 0 Å². The van der Waals surface area contributed by atoms with Crippen molar-refractivity contribution >= 4 is 0 Å². The van der Waals surface area contributed by atoms with Crippen LogP contribution >= 0.6 is 0 Å². The largest absolute Gasteiger partial charge is 0.461 e. The molecule has 3 heteroatoms. The lowest BCUT2D eigenvalue weighted by Gasteiger charge is -2.62. The van der Waals surface area contributed by atoms with Crippen LogP contribution in [-0.4, -0.2) is 22.4 Å². The van der Waals surface area contributed by atoms with E-state index < -0.39 is 23.0 Å². The molecule has 3 nitrogen and oxygen atoms in total. The summed E-state index contributed by atoms with van der Waals surface area (Å²) in [5, 5.41) is 24.2. The summed E-state index contributed by atoms with van der Waals surface area (Å²) in [7, 11) is 0. The molecule has 0 saturated heterocycles. The first kappa shape index (κ1) is 30.4. The van der Waals surface area contributed by atoms with Crippen molar-refractivity contribution in [1.82, 2.24) is 0 Å². The van der Waals surface area contributed by atoms with E-state index in [-0.39, 0.29) is 32.5 Å². The van der Waals surface area contributed by atoms with Gasteiger partial charge in [-0.2, -0.15) is 0 Å². The van der Waals surface area contributed by atoms with Crippen LogP contribution in [0.25, 0.3) is 0 Å². The molecule has 204 valence electrons. The van der Waals surface area contributed by atoms with Gasteiger partial charge in [0.25, 0.3) is 0 Å². The fourth-order valence-corrected chi connectivity index (χ4v) is 8.40. The van der Waals surface area contributed by atoms with Crippen molar-refractivity contribution in [3.63, 3.8) is 0 Å². The summed E-state index contributed by atoms with van der Waals surface area (Å²) in [5.41, 5.74) is -1.78. The molecule has 0 spiro atoms. The maximum absolute atomic E-state index is 12.1. The van der Waals surface area contributed by atoms with Gasteiger partial charge in [0.15, 0.2) is 0 Å². The van der Waals surface area contributed by atoms with E-state index in [2.05, 4.69) is 123 Å². The summed E-state index contributed by atoms with van der Waals surface area (Å²) in [5.74, 6) is 1.18. The Morgan fingerprint density at radius 2 is 0.800 bits per heavy atom. The van der Waals surface area contributed by atoms with E-state index in [1.165, 1.54) is 0 Å². The lowest BCUT2D eigenvalue weighted by molar-refractivity contribution is -0.171. The second-order valence-corrected chi connectivity index (χ2v) is 17.3. The number of ether oxygens (including phenoxy) is 1. The van der Waals surface area contributed by atoms with E-state index in [1.807, 2.05) is 0 Å². The van der Waals surface area contributed by atoms with Gasteiger partial charge in [-0.15, -0.1) is 0 Å². The topological polar surface area (TPSA) is 49.7 Å². The predicted molar refractivity (Wildman–Crippen MR) is 149 cm³/mol. The molecule has 0 fully saturated rings. The number of hydrogen-bond acceptors (Lipinski definition) is 3. The van der Waals surface area contributed by atoms with Crippen LogP contribution < -0.4 is 0 Å². The fourth-order valence-electron chi connectivity index (χ4n) is 8.40. The molecule has 0 aromatic heterocycles. The van der Waals surface area contributed by atoms with Gasteiger partial charge in [0, 0.05) is 10.8 Å². The van der Waals surface area contributed by atoms with Crippen LogP contribution in [-0.2, 0) is 4.74 Å². The van der Waals surface area contributed by atoms with Gasteiger partial charge in [0.1, 0.15) is 23.7 Å². The van der Waals surface area contributed by atoms with E-state index in [4.69, 9.17) is 4.74 Å². The minimum Gasteiger partial charge on any atom is -0.461 e. The fraction of sp³-hybridized carbons (Fsp3) is 0.875. The molecule has 0 aliphatic heterocycles. The number of rotatable bonds is 2. The molecule has 0 heterocycles. The van der Waals surface area contributed by atoms with Crippen LogP contribution in [0.3, 0.4) is 0 Å². The second kappa shape index (κ2) is 8.35. The summed E-state index contributed by atoms with van der Waals surface area (Å²) in [6.45, 7) is 35.8. The van der Waals surface area contributed by atoms with Crippen molar-refractivity contribution in [2.24, 2.45) is 43.3 Å². The Labute approximate surface area is 217 Å². The highest BCUT2D eigenvalue weighted by Gasteiger charge is 2.62. The van der Waals surface area contributed by atoms with Crippen LogP contribution in [0.1, 0.15) is 124 Å². The third-order valence-electron chi connectivity index (χ3n) is 9.60. The zero-order chi connectivity index (χ0) is 27.8. The minimum absolute atomic E-state index is 0.157. The Bertz CT molecular complexity index is 756. The third kappa shape index (κ3) is 4.90. The van der Waals surface area contributed by atoms with Crippen molar-refractivity contribution in [1.29, 1.82) is 0 Å². The molecule has 0 aromatic rings. The summed E-state index contributed by atoms with van der Waals surface area (Å²) in [4.78, 5) is 0. The summed E-state index contributed by atoms with van der Waals surface area (Å²) in [6, 6.07) is 0. The Kier molecular flexibility index (Phi) is 7.26. The first-order chi connectivity index (χ1) is 15.2. The Morgan fingerprint density at radius 1 is 0.571 bits per heavy atom. The number of aliphatic hydroxyl groups is 2. The maximum Gasteiger partial charge on any atom is 0.129 e. The van der Waals surface area contributed by atoms with Crippen LogP contribution in [0.15, 0.2) is 23.7 Å². The molecule has 2 N–H and O–H groups in total. The number of hydrogen-bond donors (Lipinski definition) is 2. The smallest absolute Gasteiger partial charge is 0.129 e. The third-order valence-corrected chi connectivity index (χ3v) is 9.60. The molecule has 2 rings (SSSR count). The average molecular weight is 491 g/mol. The molecule has 0 radical (unpaired) electrons. The van der Waals surface area contributed by atoms with Crippen molar-refractivity contribution in [3.05, 3.63) is 23.7 Å². The van der Waals surface area contributed by atoms with Crippen molar-refractivity contribution < 1.29 is 14.9 Å². The van der Waals surface area contributed by atoms with Gasteiger partial charge in [-0.1, -0.05) is 111 Å². The van der Waals surface area contributed by atoms with Gasteiger partial charge in [0.2, 0.25) is 0 Å². The zero-order valence-electron chi connectivity index (χ0n) is 26.0. The standard InChI is InChI=1S/C32H58O3/c1-25(2,3)31(26(4,5)6)19-29(13,14)17-21(23(31)33)35-22-18-30(15,16)20-32(24(22)34,27(7,8)9)28(10,11)12/h17-18,23-24,33-34H,19-20H2,1-16H3. The molecule has 2 atom stereocenters. The first-order valence-corrected chi connectivity index (χ1v) is 13.6. The zero-order valence-corrected chi connectivity index (χ0v) is 26.0. The van der Waals surface area contributed by atoms with Crippen molar-refractivity contribution in [2.45, 2.75) is 136 Å². The Hall–Kier alpha value is -0.800. The van der Waals surface area contributed by atoms with Crippen LogP contribution in [0.2, 0.25) is 0 Å². The van der Waals surface area contributed by atoms with Crippen LogP contribution in [0.5, 0.6) is 0 Å². The van der Waals surface area contributed by atoms with Gasteiger partial charge in [-0.05, 0) is 57.5 Å². The SMILES string of the molecule is CC1(C)C=C(OC2=CC(C)(C)CC(C(C)(C)C)(C(C)(C)C)C2O)C(O)C(C(C)(C)C)(C(C)(C)C)C1. The van der Waals surface area contributed by atoms with Crippen molar-refractivity contribution in [2.75, 3.05) is 0 Å². The highest BCUT2D eigenvalue weighted by atomic mass is 16.5. The predicted octanol–water partition coefficient (Wildman–Crippen LogP) is 8.51. The Balaban J connectivity index is 2.73. The minimum atomic E-state index is -0.771. The normalized spacial score (nSPS) is 28.7. The summed E-state index contributed by atoms with van der Waals surface area (Å²) in [6.07, 6.45) is 4.40. The second-order valence-electron chi connectivity index (χ2n) is 17.3. The molecule has 2 unspecified atom stereocenters. The van der Waals surface area contributed by atoms with E-state index in [9.17, 15) is 10.2 Å². The van der Waals surface area contributed by atoms with E-state index in [0.29, 0.717) is 11.5 Å². The van der Waals surface area contributed by atoms with Gasteiger partial charge >= 0.3 is 0 Å². The van der Waals surface area contributed by atoms with E-state index >= 15 is 0 Å². The maximum atomic E-state index is 12.1. The summed E-state index contributed by atoms with van der Waals surface area (Å²) < 4.78 is 6.74. The average Bonchev–Trinajstić information content (AvgIpc) is 2.55. The molecular weight excluding hydrogens is 432 g/mol. The highest BCUT2D eigenvalue weighted by Crippen LogP contribution is 2.65. The number of allylic oxidation sites excluding steroid dienone is 2. The lowest BCUT2D eigenvalue weighted by atomic mass is 9.45. The highest BCUT2D eigenvalue weighted by molar-refractivity contribution is 5.28. The molecule has 0 aromatic carbocycles. The quantitative estimate of drug-likeness (QED) is 0.408. The van der Waals surface area contributed by atoms with E-state index in [1.54, 1.807) is 0 Å².